The van der Waals surface area contributed by atoms with Gasteiger partial charge in [-0.2, -0.15) is 5.10 Å². The van der Waals surface area contributed by atoms with Gasteiger partial charge in [0.25, 0.3) is 5.91 Å². The number of ether oxygens (including phenoxy) is 2. The topological polar surface area (TPSA) is 104 Å². The van der Waals surface area contributed by atoms with E-state index in [1.54, 1.807) is 54.2 Å². The molecule has 0 radical (unpaired) electrons. The lowest BCUT2D eigenvalue weighted by atomic mass is 10.2. The average molecular weight is 424 g/mol. The van der Waals surface area contributed by atoms with E-state index in [0.29, 0.717) is 16.7 Å². The number of pyridine rings is 1. The van der Waals surface area contributed by atoms with E-state index < -0.39 is 24.5 Å². The number of anilines is 1. The number of hydrogen-bond donors (Lipinski definition) is 0. The molecule has 1 aromatic carbocycles. The number of nitrogens with zero attached hydrogens (tertiary/aromatic N) is 4. The van der Waals surface area contributed by atoms with Crippen LogP contribution in [0, 0.1) is 0 Å². The summed E-state index contributed by atoms with van der Waals surface area (Å²) in [6.07, 6.45) is 3.02. The number of benzene rings is 1. The molecule has 0 atom stereocenters. The number of hydrogen-bond acceptors (Lipinski definition) is 7. The second-order valence-electron chi connectivity index (χ2n) is 7.02. The molecule has 3 rings (SSSR count). The van der Waals surface area contributed by atoms with Crippen molar-refractivity contribution < 1.29 is 23.9 Å². The first-order valence-electron chi connectivity index (χ1n) is 9.92. The number of aromatic nitrogens is 3. The molecule has 0 bridgehead atoms. The van der Waals surface area contributed by atoms with Crippen molar-refractivity contribution in [2.45, 2.75) is 26.8 Å². The number of carbonyl (C=O) groups is 3. The molecule has 0 aliphatic rings. The Bertz CT molecular complexity index is 1080. The molecular formula is C22H24N4O5. The monoisotopic (exact) mass is 424 g/mol. The minimum absolute atomic E-state index is 0.129. The molecule has 3 aromatic rings. The van der Waals surface area contributed by atoms with Crippen molar-refractivity contribution in [3.05, 3.63) is 54.4 Å². The molecule has 2 aromatic heterocycles. The summed E-state index contributed by atoms with van der Waals surface area (Å²) in [5, 5.41) is 4.96. The molecule has 0 fully saturated rings. The molecule has 0 saturated heterocycles. The molecule has 0 aliphatic carbocycles. The summed E-state index contributed by atoms with van der Waals surface area (Å²) in [4.78, 5) is 42.6. The minimum atomic E-state index is -0.691. The maximum absolute atomic E-state index is 12.7. The zero-order valence-corrected chi connectivity index (χ0v) is 17.6. The molecule has 162 valence electrons. The molecule has 0 N–H and O–H groups in total. The van der Waals surface area contributed by atoms with Gasteiger partial charge in [-0.3, -0.25) is 14.5 Å². The van der Waals surface area contributed by atoms with Gasteiger partial charge in [-0.25, -0.2) is 14.5 Å². The Balaban J connectivity index is 1.70. The summed E-state index contributed by atoms with van der Waals surface area (Å²) in [5.41, 5.74) is 1.37. The predicted molar refractivity (Wildman–Crippen MR) is 114 cm³/mol. The van der Waals surface area contributed by atoms with Crippen LogP contribution in [0.5, 0.6) is 0 Å². The van der Waals surface area contributed by atoms with Crippen LogP contribution in [0.25, 0.3) is 11.0 Å². The first kappa shape index (κ1) is 21.9. The van der Waals surface area contributed by atoms with Gasteiger partial charge in [0, 0.05) is 23.3 Å². The van der Waals surface area contributed by atoms with Gasteiger partial charge < -0.3 is 9.47 Å². The molecule has 0 unspecified atom stereocenters. The Morgan fingerprint density at radius 2 is 1.84 bits per heavy atom. The lowest BCUT2D eigenvalue weighted by Crippen LogP contribution is -2.39. The van der Waals surface area contributed by atoms with Crippen LogP contribution in [0.3, 0.4) is 0 Å². The van der Waals surface area contributed by atoms with Crippen LogP contribution < -0.4 is 4.90 Å². The molecule has 0 saturated carbocycles. The second kappa shape index (κ2) is 9.84. The van der Waals surface area contributed by atoms with Crippen molar-refractivity contribution in [3.8, 4) is 0 Å². The highest BCUT2D eigenvalue weighted by atomic mass is 16.5. The number of para-hydroxylation sites is 1. The van der Waals surface area contributed by atoms with E-state index in [1.807, 2.05) is 13.8 Å². The lowest BCUT2D eigenvalue weighted by Gasteiger charge is -2.21. The van der Waals surface area contributed by atoms with Crippen molar-refractivity contribution in [2.75, 3.05) is 24.7 Å². The van der Waals surface area contributed by atoms with E-state index in [4.69, 9.17) is 9.47 Å². The van der Waals surface area contributed by atoms with Crippen LogP contribution in [0.15, 0.2) is 48.8 Å². The van der Waals surface area contributed by atoms with Gasteiger partial charge in [-0.05, 0) is 39.0 Å². The molecule has 0 aliphatic heterocycles. The highest BCUT2D eigenvalue weighted by molar-refractivity contribution is 6.00. The second-order valence-corrected chi connectivity index (χ2v) is 7.02. The van der Waals surface area contributed by atoms with Gasteiger partial charge in [-0.1, -0.05) is 18.2 Å². The number of esters is 2. The Kier molecular flexibility index (Phi) is 6.96. The standard InChI is InChI=1S/C22H24N4O5/c1-4-30-20(28)13-25(18-8-6-5-7-9-18)19(27)14-31-22(29)17-10-16-12-24-26(15(2)3)21(16)23-11-17/h5-12,15H,4,13-14H2,1-3H3. The number of fused-ring (bicyclic) bond motifs is 1. The highest BCUT2D eigenvalue weighted by Gasteiger charge is 2.22. The van der Waals surface area contributed by atoms with Crippen LogP contribution in [0.1, 0.15) is 37.2 Å². The molecule has 0 spiro atoms. The van der Waals surface area contributed by atoms with Crippen molar-refractivity contribution in [2.24, 2.45) is 0 Å². The summed E-state index contributed by atoms with van der Waals surface area (Å²) in [6, 6.07) is 10.4. The summed E-state index contributed by atoms with van der Waals surface area (Å²) in [7, 11) is 0. The van der Waals surface area contributed by atoms with Crippen molar-refractivity contribution in [1.29, 1.82) is 0 Å². The lowest BCUT2D eigenvalue weighted by molar-refractivity contribution is -0.142. The largest absolute Gasteiger partial charge is 0.465 e. The van der Waals surface area contributed by atoms with Crippen LogP contribution in [0.2, 0.25) is 0 Å². The van der Waals surface area contributed by atoms with Gasteiger partial charge in [0.1, 0.15) is 6.54 Å². The molecular weight excluding hydrogens is 400 g/mol. The molecule has 1 amide bonds. The van der Waals surface area contributed by atoms with Gasteiger partial charge in [0.2, 0.25) is 0 Å². The van der Waals surface area contributed by atoms with Crippen LogP contribution in [-0.2, 0) is 19.1 Å². The fourth-order valence-electron chi connectivity index (χ4n) is 2.99. The van der Waals surface area contributed by atoms with Gasteiger partial charge in [-0.15, -0.1) is 0 Å². The zero-order valence-electron chi connectivity index (χ0n) is 17.6. The van der Waals surface area contributed by atoms with Crippen molar-refractivity contribution >= 4 is 34.6 Å². The molecule has 9 nitrogen and oxygen atoms in total. The maximum atomic E-state index is 12.7. The Morgan fingerprint density at radius 3 is 2.52 bits per heavy atom. The minimum Gasteiger partial charge on any atom is -0.465 e. The third-order valence-electron chi connectivity index (χ3n) is 4.45. The maximum Gasteiger partial charge on any atom is 0.340 e. The first-order chi connectivity index (χ1) is 14.9. The van der Waals surface area contributed by atoms with E-state index >= 15 is 0 Å². The van der Waals surface area contributed by atoms with Gasteiger partial charge >= 0.3 is 11.9 Å². The summed E-state index contributed by atoms with van der Waals surface area (Å²) in [6.45, 7) is 5.04. The van der Waals surface area contributed by atoms with E-state index in [0.717, 1.165) is 0 Å². The Labute approximate surface area is 179 Å². The van der Waals surface area contributed by atoms with Crippen molar-refractivity contribution in [1.82, 2.24) is 14.8 Å². The smallest absolute Gasteiger partial charge is 0.340 e. The fourth-order valence-corrected chi connectivity index (χ4v) is 2.99. The molecule has 31 heavy (non-hydrogen) atoms. The summed E-state index contributed by atoms with van der Waals surface area (Å²) >= 11 is 0. The Hall–Kier alpha value is -3.75. The molecule has 2 heterocycles. The number of amides is 1. The van der Waals surface area contributed by atoms with Crippen LogP contribution in [0.4, 0.5) is 5.69 Å². The highest BCUT2D eigenvalue weighted by Crippen LogP contribution is 2.18. The van der Waals surface area contributed by atoms with Crippen LogP contribution >= 0.6 is 0 Å². The molecule has 9 heteroatoms. The number of rotatable bonds is 8. The predicted octanol–water partition coefficient (Wildman–Crippen LogP) is 2.77. The first-order valence-corrected chi connectivity index (χ1v) is 9.92. The van der Waals surface area contributed by atoms with Gasteiger partial charge in [0.05, 0.1) is 18.4 Å². The quantitative estimate of drug-likeness (QED) is 0.512. The summed E-state index contributed by atoms with van der Waals surface area (Å²) in [5.74, 6) is -1.79. The van der Waals surface area contributed by atoms with E-state index in [1.165, 1.54) is 11.1 Å². The normalized spacial score (nSPS) is 10.8. The third-order valence-corrected chi connectivity index (χ3v) is 4.45. The van der Waals surface area contributed by atoms with Crippen molar-refractivity contribution in [3.63, 3.8) is 0 Å². The SMILES string of the molecule is CCOC(=O)CN(C(=O)COC(=O)c1cnc2c(cnn2C(C)C)c1)c1ccccc1. The van der Waals surface area contributed by atoms with Gasteiger partial charge in [0.15, 0.2) is 12.3 Å². The fraction of sp³-hybridized carbons (Fsp3) is 0.318. The van der Waals surface area contributed by atoms with E-state index in [2.05, 4.69) is 10.1 Å². The zero-order chi connectivity index (χ0) is 22.4. The van der Waals surface area contributed by atoms with Crippen LogP contribution in [-0.4, -0.2) is 52.4 Å². The third kappa shape index (κ3) is 5.25. The van der Waals surface area contributed by atoms with E-state index in [-0.39, 0.29) is 24.8 Å². The Morgan fingerprint density at radius 1 is 1.10 bits per heavy atom. The number of carbonyl (C=O) groups excluding carboxylic acids is 3. The average Bonchev–Trinajstić information content (AvgIpc) is 3.20. The summed E-state index contributed by atoms with van der Waals surface area (Å²) < 4.78 is 11.9. The van der Waals surface area contributed by atoms with E-state index in [9.17, 15) is 14.4 Å².